The first-order valence-electron chi connectivity index (χ1n) is 6.75. The molecule has 1 rings (SSSR count). The fourth-order valence-corrected chi connectivity index (χ4v) is 5.21. The molecule has 0 bridgehead atoms. The average Bonchev–Trinajstić information content (AvgIpc) is 2.79. The molecule has 19 heavy (non-hydrogen) atoms. The molecule has 0 unspecified atom stereocenters. The van der Waals surface area contributed by atoms with Crippen molar-refractivity contribution >= 4 is 35.3 Å². The predicted molar refractivity (Wildman–Crippen MR) is 88.8 cm³/mol. The van der Waals surface area contributed by atoms with Crippen LogP contribution in [-0.4, -0.2) is 10.7 Å². The van der Waals surface area contributed by atoms with E-state index in [4.69, 9.17) is 0 Å². The van der Waals surface area contributed by atoms with Crippen LogP contribution in [0.4, 0.5) is 0 Å². The molecule has 0 aromatic rings. The number of unbranched alkanes of at least 4 members (excludes halogenated alkanes) is 6. The predicted octanol–water partition coefficient (Wildman–Crippen LogP) is 5.82. The fraction of sp³-hybridized carbons (Fsp3) is 0.692. The van der Waals surface area contributed by atoms with E-state index in [-0.39, 0.29) is 4.92 Å². The Morgan fingerprint density at radius 2 is 1.95 bits per heavy atom. The van der Waals surface area contributed by atoms with Crippen LogP contribution in [0.25, 0.3) is 0 Å². The van der Waals surface area contributed by atoms with Crippen LogP contribution in [-0.2, 0) is 0 Å². The van der Waals surface area contributed by atoms with E-state index in [9.17, 15) is 10.1 Å². The van der Waals surface area contributed by atoms with Gasteiger partial charge in [0.2, 0.25) is 0 Å². The summed E-state index contributed by atoms with van der Waals surface area (Å²) in [6.45, 7) is 2.24. The third-order valence-corrected chi connectivity index (χ3v) is 6.33. The minimum absolute atomic E-state index is 0.382. The number of nitrogens with zero attached hydrogens (tertiary/aromatic N) is 1. The van der Waals surface area contributed by atoms with E-state index in [1.165, 1.54) is 72.7 Å². The lowest BCUT2D eigenvalue weighted by molar-refractivity contribution is -0.402. The Labute approximate surface area is 128 Å². The zero-order valence-corrected chi connectivity index (χ0v) is 13.7. The van der Waals surface area contributed by atoms with Crippen molar-refractivity contribution in [2.24, 2.45) is 0 Å². The standard InChI is InChI=1S/C13H21NO2S3/c1-2-3-4-5-6-7-8-9-17-13-11-18-12(19-13)10-14(15)16/h10-11H,2-9H2,1H3/b12-10+. The minimum atomic E-state index is -0.382. The van der Waals surface area contributed by atoms with E-state index in [2.05, 4.69) is 6.92 Å². The van der Waals surface area contributed by atoms with Gasteiger partial charge in [0.25, 0.3) is 6.20 Å². The summed E-state index contributed by atoms with van der Waals surface area (Å²) in [5.41, 5.74) is 0. The van der Waals surface area contributed by atoms with Gasteiger partial charge in [0.15, 0.2) is 0 Å². The first-order valence-corrected chi connectivity index (χ1v) is 9.43. The molecule has 6 heteroatoms. The quantitative estimate of drug-likeness (QED) is 0.288. The molecule has 0 saturated heterocycles. The van der Waals surface area contributed by atoms with Crippen LogP contribution in [0.3, 0.4) is 0 Å². The Hall–Kier alpha value is -0.0700. The first-order chi connectivity index (χ1) is 9.22. The smallest absolute Gasteiger partial charge is 0.255 e. The number of nitro groups is 1. The van der Waals surface area contributed by atoms with E-state index in [1.54, 1.807) is 0 Å². The summed E-state index contributed by atoms with van der Waals surface area (Å²) in [6.07, 6.45) is 10.4. The Balaban J connectivity index is 1.98. The van der Waals surface area contributed by atoms with Crippen molar-refractivity contribution in [3.63, 3.8) is 0 Å². The molecule has 1 aliphatic heterocycles. The number of hydrogen-bond acceptors (Lipinski definition) is 5. The fourth-order valence-electron chi connectivity index (χ4n) is 1.69. The van der Waals surface area contributed by atoms with Gasteiger partial charge in [-0.25, -0.2) is 0 Å². The molecule has 1 aliphatic rings. The maximum Gasteiger partial charge on any atom is 0.255 e. The van der Waals surface area contributed by atoms with Crippen molar-refractivity contribution in [1.29, 1.82) is 0 Å². The molecule has 0 spiro atoms. The van der Waals surface area contributed by atoms with Crippen LogP contribution in [0.1, 0.15) is 51.9 Å². The summed E-state index contributed by atoms with van der Waals surface area (Å²) in [7, 11) is 0. The molecule has 0 amide bonds. The van der Waals surface area contributed by atoms with Gasteiger partial charge in [-0.05, 0) is 17.6 Å². The van der Waals surface area contributed by atoms with Crippen molar-refractivity contribution in [3.8, 4) is 0 Å². The Morgan fingerprint density at radius 1 is 1.26 bits per heavy atom. The molecule has 0 aromatic carbocycles. The van der Waals surface area contributed by atoms with E-state index < -0.39 is 0 Å². The molecule has 0 aliphatic carbocycles. The SMILES string of the molecule is CCCCCCCCCSC1=CS/C(=C\[N+](=O)[O-])S1. The van der Waals surface area contributed by atoms with Crippen LogP contribution < -0.4 is 0 Å². The van der Waals surface area contributed by atoms with Gasteiger partial charge in [-0.1, -0.05) is 69.0 Å². The molecule has 3 nitrogen and oxygen atoms in total. The second kappa shape index (κ2) is 10.7. The number of rotatable bonds is 10. The monoisotopic (exact) mass is 319 g/mol. The number of hydrogen-bond donors (Lipinski definition) is 0. The Morgan fingerprint density at radius 3 is 2.63 bits per heavy atom. The highest BCUT2D eigenvalue weighted by Crippen LogP contribution is 2.48. The topological polar surface area (TPSA) is 43.1 Å². The zero-order valence-electron chi connectivity index (χ0n) is 11.3. The van der Waals surface area contributed by atoms with Crippen LogP contribution in [0.5, 0.6) is 0 Å². The van der Waals surface area contributed by atoms with Crippen molar-refractivity contribution in [2.75, 3.05) is 5.75 Å². The Bertz CT molecular complexity index is 343. The third kappa shape index (κ3) is 8.65. The van der Waals surface area contributed by atoms with Gasteiger partial charge >= 0.3 is 0 Å². The molecule has 0 fully saturated rings. The van der Waals surface area contributed by atoms with Crippen molar-refractivity contribution in [2.45, 2.75) is 51.9 Å². The summed E-state index contributed by atoms with van der Waals surface area (Å²) >= 11 is 4.80. The maximum absolute atomic E-state index is 10.3. The lowest BCUT2D eigenvalue weighted by Crippen LogP contribution is -1.83. The largest absolute Gasteiger partial charge is 0.259 e. The third-order valence-electron chi connectivity index (χ3n) is 2.68. The number of thioether (sulfide) groups is 3. The van der Waals surface area contributed by atoms with Gasteiger partial charge in [-0.3, -0.25) is 10.1 Å². The van der Waals surface area contributed by atoms with Gasteiger partial charge in [-0.15, -0.1) is 11.8 Å². The second-order valence-corrected chi connectivity index (χ2v) is 8.01. The molecule has 0 N–H and O–H groups in total. The van der Waals surface area contributed by atoms with Gasteiger partial charge in [0, 0.05) is 0 Å². The summed E-state index contributed by atoms with van der Waals surface area (Å²) in [5.74, 6) is 1.12. The molecule has 0 saturated carbocycles. The lowest BCUT2D eigenvalue weighted by atomic mass is 10.1. The van der Waals surface area contributed by atoms with Crippen molar-refractivity contribution < 1.29 is 4.92 Å². The molecular weight excluding hydrogens is 298 g/mol. The van der Waals surface area contributed by atoms with Crippen molar-refractivity contribution in [1.82, 2.24) is 0 Å². The second-order valence-electron chi connectivity index (χ2n) is 4.36. The molecule has 0 atom stereocenters. The van der Waals surface area contributed by atoms with Crippen molar-refractivity contribution in [3.05, 3.63) is 30.2 Å². The maximum atomic E-state index is 10.3. The van der Waals surface area contributed by atoms with Crippen LogP contribution in [0.15, 0.2) is 20.1 Å². The van der Waals surface area contributed by atoms with E-state index in [0.717, 1.165) is 16.2 Å². The summed E-state index contributed by atoms with van der Waals surface area (Å²) in [4.78, 5) is 9.96. The minimum Gasteiger partial charge on any atom is -0.259 e. The molecule has 1 heterocycles. The van der Waals surface area contributed by atoms with E-state index in [1.807, 2.05) is 17.2 Å². The van der Waals surface area contributed by atoms with Gasteiger partial charge in [0.05, 0.1) is 9.16 Å². The molecule has 108 valence electrons. The van der Waals surface area contributed by atoms with Gasteiger partial charge in [-0.2, -0.15) is 0 Å². The highest BCUT2D eigenvalue weighted by atomic mass is 32.2. The summed E-state index contributed by atoms with van der Waals surface area (Å²) in [6, 6.07) is 0. The highest BCUT2D eigenvalue weighted by Gasteiger charge is 2.15. The summed E-state index contributed by atoms with van der Waals surface area (Å²) in [5, 5.41) is 12.4. The van der Waals surface area contributed by atoms with Gasteiger partial charge < -0.3 is 0 Å². The van der Waals surface area contributed by atoms with Crippen LogP contribution >= 0.6 is 35.3 Å². The lowest BCUT2D eigenvalue weighted by Gasteiger charge is -2.02. The normalized spacial score (nSPS) is 16.9. The van der Waals surface area contributed by atoms with Gasteiger partial charge in [0.1, 0.15) is 4.24 Å². The first kappa shape index (κ1) is 17.0. The Kier molecular flexibility index (Phi) is 9.55. The average molecular weight is 320 g/mol. The molecule has 0 radical (unpaired) electrons. The van der Waals surface area contributed by atoms with E-state index in [0.29, 0.717) is 0 Å². The molecule has 0 aromatic heterocycles. The van der Waals surface area contributed by atoms with E-state index >= 15 is 0 Å². The highest BCUT2D eigenvalue weighted by molar-refractivity contribution is 8.35. The van der Waals surface area contributed by atoms with Crippen LogP contribution in [0.2, 0.25) is 0 Å². The van der Waals surface area contributed by atoms with Crippen LogP contribution in [0, 0.1) is 10.1 Å². The zero-order chi connectivity index (χ0) is 13.9. The summed E-state index contributed by atoms with van der Waals surface area (Å²) < 4.78 is 1.97. The molecular formula is C13H21NO2S3.